The Morgan fingerprint density at radius 1 is 0.529 bits per heavy atom. The highest BCUT2D eigenvalue weighted by atomic mass is 79.9. The SMILES string of the molecule is Br.C[N+](C)(C)CCCCCC[N+](C)(C)C.[OH-].[OH-]. The van der Waals surface area contributed by atoms with Crippen LogP contribution < -0.4 is 0 Å². The first-order valence-corrected chi connectivity index (χ1v) is 5.82. The predicted octanol–water partition coefficient (Wildman–Crippen LogP) is 2.18. The first-order valence-electron chi connectivity index (χ1n) is 5.82. The maximum Gasteiger partial charge on any atom is 0.0780 e. The van der Waals surface area contributed by atoms with E-state index >= 15 is 0 Å². The Bertz CT molecular complexity index is 136. The molecular weight excluding hydrogens is 284 g/mol. The molecule has 5 heteroatoms. The predicted molar refractivity (Wildman–Crippen MR) is 78.5 cm³/mol. The minimum absolute atomic E-state index is 0. The third-order valence-corrected chi connectivity index (χ3v) is 2.41. The van der Waals surface area contributed by atoms with Crippen molar-refractivity contribution < 1.29 is 19.9 Å². The van der Waals surface area contributed by atoms with Crippen molar-refractivity contribution in [3.63, 3.8) is 0 Å². The number of halogens is 1. The van der Waals surface area contributed by atoms with E-state index in [1.807, 2.05) is 0 Å². The quantitative estimate of drug-likeness (QED) is 0.534. The molecule has 0 unspecified atom stereocenters. The summed E-state index contributed by atoms with van der Waals surface area (Å²) in [6.45, 7) is 2.62. The summed E-state index contributed by atoms with van der Waals surface area (Å²) in [6.07, 6.45) is 5.55. The van der Waals surface area contributed by atoms with E-state index in [1.165, 1.54) is 38.8 Å². The van der Waals surface area contributed by atoms with Crippen LogP contribution in [0.1, 0.15) is 25.7 Å². The lowest BCUT2D eigenvalue weighted by atomic mass is 10.1. The molecule has 0 amide bonds. The van der Waals surface area contributed by atoms with Gasteiger partial charge in [-0.1, -0.05) is 0 Å². The van der Waals surface area contributed by atoms with Crippen molar-refractivity contribution >= 4 is 17.0 Å². The molecule has 0 atom stereocenters. The van der Waals surface area contributed by atoms with Gasteiger partial charge < -0.3 is 19.9 Å². The van der Waals surface area contributed by atoms with Gasteiger partial charge in [0.05, 0.1) is 55.4 Å². The summed E-state index contributed by atoms with van der Waals surface area (Å²) in [5.74, 6) is 0. The summed E-state index contributed by atoms with van der Waals surface area (Å²) in [7, 11) is 13.6. The van der Waals surface area contributed by atoms with Crippen molar-refractivity contribution in [2.45, 2.75) is 25.7 Å². The smallest absolute Gasteiger partial charge is 0.0780 e. The Morgan fingerprint density at radius 3 is 0.941 bits per heavy atom. The molecule has 0 aliphatic carbocycles. The molecule has 0 saturated carbocycles. The van der Waals surface area contributed by atoms with Gasteiger partial charge >= 0.3 is 0 Å². The molecule has 17 heavy (non-hydrogen) atoms. The van der Waals surface area contributed by atoms with Crippen LogP contribution >= 0.6 is 17.0 Å². The maximum atomic E-state index is 2.27. The fraction of sp³-hybridized carbons (Fsp3) is 1.00. The van der Waals surface area contributed by atoms with Crippen LogP contribution in [0.4, 0.5) is 0 Å². The Labute approximate surface area is 118 Å². The number of hydrogen-bond donors (Lipinski definition) is 0. The van der Waals surface area contributed by atoms with E-state index in [2.05, 4.69) is 42.3 Å². The van der Waals surface area contributed by atoms with Gasteiger partial charge in [-0.25, -0.2) is 0 Å². The zero-order chi connectivity index (χ0) is 11.2. The summed E-state index contributed by atoms with van der Waals surface area (Å²) in [4.78, 5) is 0. The molecule has 4 nitrogen and oxygen atoms in total. The first kappa shape index (κ1) is 26.0. The molecule has 110 valence electrons. The highest BCUT2D eigenvalue weighted by Gasteiger charge is 2.07. The summed E-state index contributed by atoms with van der Waals surface area (Å²) < 4.78 is 2.21. The number of quaternary nitrogens is 2. The van der Waals surface area contributed by atoms with Crippen molar-refractivity contribution in [2.75, 3.05) is 55.4 Å². The van der Waals surface area contributed by atoms with Gasteiger partial charge in [-0.15, -0.1) is 17.0 Å². The third kappa shape index (κ3) is 26.1. The maximum absolute atomic E-state index is 2.27. The van der Waals surface area contributed by atoms with Gasteiger partial charge in [-0.3, -0.25) is 0 Å². The lowest BCUT2D eigenvalue weighted by Gasteiger charge is -2.25. The van der Waals surface area contributed by atoms with Crippen LogP contribution in [0.5, 0.6) is 0 Å². The fourth-order valence-electron chi connectivity index (χ4n) is 1.53. The Hall–Kier alpha value is 0.320. The molecule has 0 aromatic heterocycles. The molecule has 0 aromatic carbocycles. The van der Waals surface area contributed by atoms with Crippen LogP contribution in [0, 0.1) is 0 Å². The minimum Gasteiger partial charge on any atom is -0.870 e. The highest BCUT2D eigenvalue weighted by molar-refractivity contribution is 8.93. The second-order valence-corrected chi connectivity index (χ2v) is 6.44. The van der Waals surface area contributed by atoms with Crippen molar-refractivity contribution in [3.8, 4) is 0 Å². The number of hydrogen-bond acceptors (Lipinski definition) is 2. The summed E-state index contributed by atoms with van der Waals surface area (Å²) in [6, 6.07) is 0. The third-order valence-electron chi connectivity index (χ3n) is 2.41. The Morgan fingerprint density at radius 2 is 0.765 bits per heavy atom. The second-order valence-electron chi connectivity index (χ2n) is 6.44. The van der Waals surface area contributed by atoms with Crippen molar-refractivity contribution in [3.05, 3.63) is 0 Å². The van der Waals surface area contributed by atoms with Gasteiger partial charge in [-0.05, 0) is 25.7 Å². The van der Waals surface area contributed by atoms with E-state index in [1.54, 1.807) is 0 Å². The van der Waals surface area contributed by atoms with E-state index in [0.717, 1.165) is 8.97 Å². The summed E-state index contributed by atoms with van der Waals surface area (Å²) in [5, 5.41) is 0. The largest absolute Gasteiger partial charge is 0.870 e. The molecule has 0 rings (SSSR count). The molecule has 0 bridgehead atoms. The van der Waals surface area contributed by atoms with Crippen LogP contribution in [0.2, 0.25) is 0 Å². The summed E-state index contributed by atoms with van der Waals surface area (Å²) >= 11 is 0. The Balaban J connectivity index is -0.000000282. The molecule has 0 aliphatic heterocycles. The molecule has 0 heterocycles. The van der Waals surface area contributed by atoms with Crippen LogP contribution in [0.3, 0.4) is 0 Å². The van der Waals surface area contributed by atoms with Gasteiger partial charge in [-0.2, -0.15) is 0 Å². The van der Waals surface area contributed by atoms with Crippen LogP contribution in [0.15, 0.2) is 0 Å². The van der Waals surface area contributed by atoms with Crippen molar-refractivity contribution in [1.29, 1.82) is 0 Å². The van der Waals surface area contributed by atoms with Gasteiger partial charge in [0.1, 0.15) is 0 Å². The van der Waals surface area contributed by atoms with Crippen molar-refractivity contribution in [1.82, 2.24) is 0 Å². The zero-order valence-corrected chi connectivity index (χ0v) is 14.2. The van der Waals surface area contributed by atoms with E-state index in [4.69, 9.17) is 0 Å². The van der Waals surface area contributed by atoms with Crippen molar-refractivity contribution in [2.24, 2.45) is 0 Å². The summed E-state index contributed by atoms with van der Waals surface area (Å²) in [5.41, 5.74) is 0. The fourth-order valence-corrected chi connectivity index (χ4v) is 1.53. The molecular formula is C12H33BrN2O2. The molecule has 0 aromatic rings. The average molecular weight is 317 g/mol. The number of unbranched alkanes of at least 4 members (excludes halogenated alkanes) is 3. The lowest BCUT2D eigenvalue weighted by molar-refractivity contribution is -0.871. The monoisotopic (exact) mass is 316 g/mol. The van der Waals surface area contributed by atoms with Crippen LogP contribution in [-0.2, 0) is 0 Å². The number of rotatable bonds is 7. The molecule has 0 spiro atoms. The Kier molecular flexibility index (Phi) is 17.5. The van der Waals surface area contributed by atoms with E-state index < -0.39 is 0 Å². The molecule has 0 saturated heterocycles. The second kappa shape index (κ2) is 11.4. The highest BCUT2D eigenvalue weighted by Crippen LogP contribution is 2.05. The zero-order valence-electron chi connectivity index (χ0n) is 12.4. The molecule has 0 fully saturated rings. The van der Waals surface area contributed by atoms with Gasteiger partial charge in [0.15, 0.2) is 0 Å². The lowest BCUT2D eigenvalue weighted by Crippen LogP contribution is -2.35. The average Bonchev–Trinajstić information content (AvgIpc) is 1.92. The topological polar surface area (TPSA) is 60.0 Å². The normalized spacial score (nSPS) is 10.9. The molecule has 0 radical (unpaired) electrons. The van der Waals surface area contributed by atoms with E-state index in [-0.39, 0.29) is 27.9 Å². The van der Waals surface area contributed by atoms with Crippen LogP contribution in [0.25, 0.3) is 0 Å². The van der Waals surface area contributed by atoms with E-state index in [9.17, 15) is 0 Å². The number of nitrogens with zero attached hydrogens (tertiary/aromatic N) is 2. The van der Waals surface area contributed by atoms with Gasteiger partial charge in [0, 0.05) is 0 Å². The molecule has 0 aliphatic rings. The standard InChI is InChI=1S/C12H30N2.BrH.2H2O/c1-13(2,3)11-9-7-8-10-12-14(4,5)6;;;/h7-12H2,1-6H3;1H;2*1H2/q+2;;;/p-2. The van der Waals surface area contributed by atoms with E-state index in [0.29, 0.717) is 0 Å². The van der Waals surface area contributed by atoms with Gasteiger partial charge in [0.2, 0.25) is 0 Å². The first-order chi connectivity index (χ1) is 6.21. The van der Waals surface area contributed by atoms with Gasteiger partial charge in [0.25, 0.3) is 0 Å². The minimum atomic E-state index is 0. The van der Waals surface area contributed by atoms with Crippen LogP contribution in [-0.4, -0.2) is 75.3 Å². The molecule has 2 N–H and O–H groups in total.